The van der Waals surface area contributed by atoms with Crippen molar-refractivity contribution in [1.82, 2.24) is 9.55 Å². The van der Waals surface area contributed by atoms with E-state index in [1.807, 2.05) is 84.9 Å². The SMILES string of the molecule is OC1(c2ccccc2-n2c(Br)nc3ccccc32)c2ccccc2-c2ccccc21. The fourth-order valence-corrected chi connectivity index (χ4v) is 5.28. The molecule has 144 valence electrons. The van der Waals surface area contributed by atoms with E-state index in [0.717, 1.165) is 44.5 Å². The summed E-state index contributed by atoms with van der Waals surface area (Å²) >= 11 is 3.64. The normalized spacial score (nSPS) is 13.9. The van der Waals surface area contributed by atoms with E-state index in [2.05, 4.69) is 37.6 Å². The number of benzene rings is 4. The van der Waals surface area contributed by atoms with Gasteiger partial charge in [0.2, 0.25) is 0 Å². The van der Waals surface area contributed by atoms with Crippen molar-refractivity contribution < 1.29 is 5.11 Å². The first-order chi connectivity index (χ1) is 14.7. The zero-order valence-corrected chi connectivity index (χ0v) is 17.5. The minimum absolute atomic E-state index is 0.708. The maximum absolute atomic E-state index is 12.4. The molecule has 0 bridgehead atoms. The third-order valence-electron chi connectivity index (χ3n) is 5.98. The van der Waals surface area contributed by atoms with Gasteiger partial charge in [-0.2, -0.15) is 0 Å². The van der Waals surface area contributed by atoms with Crippen LogP contribution < -0.4 is 0 Å². The molecule has 0 atom stereocenters. The van der Waals surface area contributed by atoms with Crippen molar-refractivity contribution in [3.63, 3.8) is 0 Å². The van der Waals surface area contributed by atoms with Gasteiger partial charge in [-0.25, -0.2) is 4.98 Å². The first kappa shape index (κ1) is 17.6. The molecule has 0 saturated heterocycles. The number of fused-ring (bicyclic) bond motifs is 4. The molecule has 0 spiro atoms. The number of nitrogens with zero attached hydrogens (tertiary/aromatic N) is 2. The molecule has 5 aromatic rings. The quantitative estimate of drug-likeness (QED) is 0.353. The largest absolute Gasteiger partial charge is 0.376 e. The van der Waals surface area contributed by atoms with Gasteiger partial charge < -0.3 is 5.11 Å². The number of rotatable bonds is 2. The van der Waals surface area contributed by atoms with Crippen LogP contribution in [0.4, 0.5) is 0 Å². The molecule has 0 aliphatic heterocycles. The van der Waals surface area contributed by atoms with Crippen LogP contribution in [0.3, 0.4) is 0 Å². The van der Waals surface area contributed by atoms with Gasteiger partial charge in [0.25, 0.3) is 0 Å². The monoisotopic (exact) mass is 452 g/mol. The minimum Gasteiger partial charge on any atom is -0.376 e. The zero-order chi connectivity index (χ0) is 20.3. The van der Waals surface area contributed by atoms with Crippen LogP contribution in [0, 0.1) is 0 Å². The van der Waals surface area contributed by atoms with Crippen LogP contribution in [0.5, 0.6) is 0 Å². The van der Waals surface area contributed by atoms with Gasteiger partial charge >= 0.3 is 0 Å². The minimum atomic E-state index is -1.26. The van der Waals surface area contributed by atoms with Gasteiger partial charge in [0, 0.05) is 16.7 Å². The molecule has 6 rings (SSSR count). The van der Waals surface area contributed by atoms with Crippen molar-refractivity contribution in [2.24, 2.45) is 0 Å². The van der Waals surface area contributed by atoms with Crippen LogP contribution in [-0.4, -0.2) is 14.7 Å². The maximum Gasteiger partial charge on any atom is 0.182 e. The number of para-hydroxylation sites is 3. The Bertz CT molecular complexity index is 1390. The van der Waals surface area contributed by atoms with Gasteiger partial charge in [0.1, 0.15) is 5.60 Å². The third-order valence-corrected chi connectivity index (χ3v) is 6.51. The molecule has 0 radical (unpaired) electrons. The molecule has 3 nitrogen and oxygen atoms in total. The summed E-state index contributed by atoms with van der Waals surface area (Å²) in [6.45, 7) is 0. The van der Waals surface area contributed by atoms with Gasteiger partial charge in [0.05, 0.1) is 16.7 Å². The summed E-state index contributed by atoms with van der Waals surface area (Å²) in [7, 11) is 0. The molecular formula is C26H17BrN2O. The highest BCUT2D eigenvalue weighted by atomic mass is 79.9. The Hall–Kier alpha value is -3.21. The Balaban J connectivity index is 1.71. The van der Waals surface area contributed by atoms with Gasteiger partial charge in [-0.15, -0.1) is 0 Å². The highest BCUT2D eigenvalue weighted by Crippen LogP contribution is 2.52. The molecule has 4 aromatic carbocycles. The lowest BCUT2D eigenvalue weighted by molar-refractivity contribution is 0.130. The average molecular weight is 453 g/mol. The summed E-state index contributed by atoms with van der Waals surface area (Å²) in [6.07, 6.45) is 0. The lowest BCUT2D eigenvalue weighted by Crippen LogP contribution is -2.28. The second kappa shape index (κ2) is 6.39. The fraction of sp³-hybridized carbons (Fsp3) is 0.0385. The van der Waals surface area contributed by atoms with Crippen molar-refractivity contribution in [3.05, 3.63) is 118 Å². The first-order valence-electron chi connectivity index (χ1n) is 9.84. The number of hydrogen-bond acceptors (Lipinski definition) is 2. The van der Waals surface area contributed by atoms with Crippen molar-refractivity contribution >= 4 is 27.0 Å². The van der Waals surface area contributed by atoms with E-state index in [0.29, 0.717) is 4.73 Å². The molecule has 0 unspecified atom stereocenters. The standard InChI is InChI=1S/C26H17BrN2O/c27-25-28-22-14-6-8-16-24(22)29(25)23-15-7-5-13-21(23)26(30)19-11-3-1-9-17(19)18-10-2-4-12-20(18)26/h1-16,30H. The molecule has 0 fully saturated rings. The molecule has 1 aliphatic rings. The predicted octanol–water partition coefficient (Wildman–Crippen LogP) is 6.05. The lowest BCUT2D eigenvalue weighted by atomic mass is 9.83. The number of hydrogen-bond donors (Lipinski definition) is 1. The highest BCUT2D eigenvalue weighted by Gasteiger charge is 2.44. The molecule has 1 aliphatic carbocycles. The Labute approximate surface area is 182 Å². The van der Waals surface area contributed by atoms with Crippen molar-refractivity contribution in [2.45, 2.75) is 5.60 Å². The van der Waals surface area contributed by atoms with E-state index in [-0.39, 0.29) is 0 Å². The Morgan fingerprint density at radius 1 is 0.667 bits per heavy atom. The molecule has 0 saturated carbocycles. The van der Waals surface area contributed by atoms with Crippen molar-refractivity contribution in [2.75, 3.05) is 0 Å². The molecular weight excluding hydrogens is 436 g/mol. The van der Waals surface area contributed by atoms with E-state index >= 15 is 0 Å². The smallest absolute Gasteiger partial charge is 0.182 e. The van der Waals surface area contributed by atoms with Crippen molar-refractivity contribution in [3.8, 4) is 16.8 Å². The number of imidazole rings is 1. The summed E-state index contributed by atoms with van der Waals surface area (Å²) in [4.78, 5) is 4.67. The summed E-state index contributed by atoms with van der Waals surface area (Å²) < 4.78 is 2.77. The van der Waals surface area contributed by atoms with E-state index in [1.165, 1.54) is 0 Å². The fourth-order valence-electron chi connectivity index (χ4n) is 4.70. The molecule has 0 amide bonds. The average Bonchev–Trinajstić information content (AvgIpc) is 3.26. The number of aliphatic hydroxyl groups is 1. The molecule has 1 aromatic heterocycles. The van der Waals surface area contributed by atoms with E-state index in [9.17, 15) is 5.11 Å². The lowest BCUT2D eigenvalue weighted by Gasteiger charge is -2.29. The summed E-state index contributed by atoms with van der Waals surface area (Å²) in [5, 5.41) is 12.4. The van der Waals surface area contributed by atoms with Gasteiger partial charge in [0.15, 0.2) is 4.73 Å². The molecule has 30 heavy (non-hydrogen) atoms. The first-order valence-corrected chi connectivity index (χ1v) is 10.6. The van der Waals surface area contributed by atoms with E-state index in [1.54, 1.807) is 0 Å². The third kappa shape index (κ3) is 2.26. The summed E-state index contributed by atoms with van der Waals surface area (Å²) in [6, 6.07) is 32.3. The van der Waals surface area contributed by atoms with Crippen LogP contribution in [0.15, 0.2) is 102 Å². The van der Waals surface area contributed by atoms with Crippen LogP contribution in [-0.2, 0) is 5.60 Å². The zero-order valence-electron chi connectivity index (χ0n) is 16.0. The summed E-state index contributed by atoms with van der Waals surface area (Å²) in [5.41, 5.74) is 6.30. The molecule has 4 heteroatoms. The van der Waals surface area contributed by atoms with Crippen molar-refractivity contribution in [1.29, 1.82) is 0 Å². The number of aromatic nitrogens is 2. The van der Waals surface area contributed by atoms with Gasteiger partial charge in [-0.05, 0) is 45.3 Å². The van der Waals surface area contributed by atoms with Crippen LogP contribution in [0.2, 0.25) is 0 Å². The second-order valence-electron chi connectivity index (χ2n) is 7.52. The Kier molecular flexibility index (Phi) is 3.76. The highest BCUT2D eigenvalue weighted by molar-refractivity contribution is 9.10. The van der Waals surface area contributed by atoms with E-state index < -0.39 is 5.60 Å². The summed E-state index contributed by atoms with van der Waals surface area (Å²) in [5.74, 6) is 0. The van der Waals surface area contributed by atoms with E-state index in [4.69, 9.17) is 0 Å². The number of halogens is 1. The Morgan fingerprint density at radius 3 is 1.90 bits per heavy atom. The molecule has 1 heterocycles. The van der Waals surface area contributed by atoms with Gasteiger partial charge in [-0.1, -0.05) is 78.9 Å². The van der Waals surface area contributed by atoms with Crippen LogP contribution in [0.1, 0.15) is 16.7 Å². The van der Waals surface area contributed by atoms with Crippen LogP contribution in [0.25, 0.3) is 27.8 Å². The predicted molar refractivity (Wildman–Crippen MR) is 123 cm³/mol. The molecule has 1 N–H and O–H groups in total. The van der Waals surface area contributed by atoms with Gasteiger partial charge in [-0.3, -0.25) is 4.57 Å². The topological polar surface area (TPSA) is 38.0 Å². The second-order valence-corrected chi connectivity index (χ2v) is 8.23. The Morgan fingerprint density at radius 2 is 1.20 bits per heavy atom. The maximum atomic E-state index is 12.4. The van der Waals surface area contributed by atoms with Crippen LogP contribution >= 0.6 is 15.9 Å².